The zero-order valence-corrected chi connectivity index (χ0v) is 12.4. The Morgan fingerprint density at radius 3 is 2.90 bits per heavy atom. The number of carbonyl (C=O) groups excluding carboxylic acids is 1. The quantitative estimate of drug-likeness (QED) is 0.910. The maximum absolute atomic E-state index is 12.5. The van der Waals surface area contributed by atoms with Crippen LogP contribution in [0.4, 0.5) is 0 Å². The minimum atomic E-state index is -0.379. The Morgan fingerprint density at radius 2 is 2.10 bits per heavy atom. The maximum Gasteiger partial charge on any atom is 0.227 e. The summed E-state index contributed by atoms with van der Waals surface area (Å²) in [5.41, 5.74) is 2.08. The van der Waals surface area contributed by atoms with E-state index in [-0.39, 0.29) is 18.1 Å². The van der Waals surface area contributed by atoms with E-state index in [1.807, 2.05) is 37.5 Å². The molecule has 0 bridgehead atoms. The summed E-state index contributed by atoms with van der Waals surface area (Å²) in [4.78, 5) is 17.4. The molecule has 1 fully saturated rings. The van der Waals surface area contributed by atoms with E-state index < -0.39 is 0 Å². The molecule has 1 aliphatic carbocycles. The number of carbonyl (C=O) groups is 1. The maximum atomic E-state index is 12.5. The molecule has 1 amide bonds. The Balaban J connectivity index is 1.73. The van der Waals surface area contributed by atoms with Gasteiger partial charge in [-0.3, -0.25) is 4.79 Å². The van der Waals surface area contributed by atoms with Crippen LogP contribution in [0.25, 0.3) is 10.9 Å². The minimum absolute atomic E-state index is 0.0311. The number of likely N-dealkylation sites (N-methyl/N-ethyl adjacent to an activating group) is 1. The fourth-order valence-electron chi connectivity index (χ4n) is 3.29. The van der Waals surface area contributed by atoms with Crippen LogP contribution in [0.1, 0.15) is 31.2 Å². The van der Waals surface area contributed by atoms with Gasteiger partial charge in [0.25, 0.3) is 0 Å². The zero-order chi connectivity index (χ0) is 14.8. The largest absolute Gasteiger partial charge is 0.391 e. The van der Waals surface area contributed by atoms with Gasteiger partial charge in [-0.05, 0) is 24.5 Å². The van der Waals surface area contributed by atoms with Crippen molar-refractivity contribution in [2.24, 2.45) is 0 Å². The van der Waals surface area contributed by atoms with Gasteiger partial charge in [-0.1, -0.05) is 31.0 Å². The number of aromatic nitrogens is 1. The van der Waals surface area contributed by atoms with Crippen LogP contribution in [-0.2, 0) is 11.2 Å². The number of nitrogens with one attached hydrogen (secondary N) is 1. The standard InChI is InChI=1S/C17H22N2O2/c1-19(15-8-4-5-9-16(15)20)17(21)10-12-11-18-14-7-3-2-6-13(12)14/h2-3,6-7,11,15-16,18,20H,4-5,8-10H2,1H3. The van der Waals surface area contributed by atoms with E-state index in [0.29, 0.717) is 6.42 Å². The molecule has 0 spiro atoms. The van der Waals surface area contributed by atoms with Gasteiger partial charge in [-0.25, -0.2) is 0 Å². The highest BCUT2D eigenvalue weighted by molar-refractivity contribution is 5.88. The van der Waals surface area contributed by atoms with E-state index in [1.54, 1.807) is 4.90 Å². The van der Waals surface area contributed by atoms with Crippen molar-refractivity contribution in [1.29, 1.82) is 0 Å². The second-order valence-electron chi connectivity index (χ2n) is 5.96. The molecule has 1 aromatic carbocycles. The second kappa shape index (κ2) is 5.90. The number of rotatable bonds is 3. The van der Waals surface area contributed by atoms with Crippen molar-refractivity contribution >= 4 is 16.8 Å². The Labute approximate surface area is 124 Å². The number of benzene rings is 1. The summed E-state index contributed by atoms with van der Waals surface area (Å²) < 4.78 is 0. The Morgan fingerprint density at radius 1 is 1.33 bits per heavy atom. The molecule has 0 saturated heterocycles. The van der Waals surface area contributed by atoms with Crippen molar-refractivity contribution in [2.75, 3.05) is 7.05 Å². The number of H-pyrrole nitrogens is 1. The first-order valence-electron chi connectivity index (χ1n) is 7.65. The summed E-state index contributed by atoms with van der Waals surface area (Å²) in [7, 11) is 1.82. The molecule has 21 heavy (non-hydrogen) atoms. The third kappa shape index (κ3) is 2.81. The molecular formula is C17H22N2O2. The molecule has 2 aromatic rings. The summed E-state index contributed by atoms with van der Waals surface area (Å²) >= 11 is 0. The molecule has 1 aromatic heterocycles. The third-order valence-corrected chi connectivity index (χ3v) is 4.60. The van der Waals surface area contributed by atoms with E-state index in [1.165, 1.54) is 0 Å². The highest BCUT2D eigenvalue weighted by Gasteiger charge is 2.29. The van der Waals surface area contributed by atoms with Gasteiger partial charge in [0.15, 0.2) is 0 Å². The summed E-state index contributed by atoms with van der Waals surface area (Å²) in [6.45, 7) is 0. The van der Waals surface area contributed by atoms with Gasteiger partial charge in [0, 0.05) is 24.1 Å². The number of para-hydroxylation sites is 1. The number of nitrogens with zero attached hydrogens (tertiary/aromatic N) is 1. The topological polar surface area (TPSA) is 56.3 Å². The van der Waals surface area contributed by atoms with Crippen LogP contribution in [0.2, 0.25) is 0 Å². The Kier molecular flexibility index (Phi) is 3.97. The first kappa shape index (κ1) is 14.1. The molecule has 3 rings (SSSR count). The molecule has 4 heteroatoms. The predicted octanol–water partition coefficient (Wildman–Crippen LogP) is 2.47. The van der Waals surface area contributed by atoms with E-state index >= 15 is 0 Å². The molecule has 2 N–H and O–H groups in total. The minimum Gasteiger partial charge on any atom is -0.391 e. The fourth-order valence-corrected chi connectivity index (χ4v) is 3.29. The zero-order valence-electron chi connectivity index (χ0n) is 12.4. The molecular weight excluding hydrogens is 264 g/mol. The van der Waals surface area contributed by atoms with Crippen molar-refractivity contribution in [3.8, 4) is 0 Å². The van der Waals surface area contributed by atoms with Crippen LogP contribution < -0.4 is 0 Å². The monoisotopic (exact) mass is 286 g/mol. The molecule has 1 saturated carbocycles. The number of aliphatic hydroxyl groups excluding tert-OH is 1. The average molecular weight is 286 g/mol. The lowest BCUT2D eigenvalue weighted by molar-refractivity contribution is -0.134. The van der Waals surface area contributed by atoms with Gasteiger partial charge >= 0.3 is 0 Å². The van der Waals surface area contributed by atoms with Gasteiger partial charge in [0.2, 0.25) is 5.91 Å². The average Bonchev–Trinajstić information content (AvgIpc) is 2.90. The van der Waals surface area contributed by atoms with Crippen LogP contribution in [-0.4, -0.2) is 40.1 Å². The van der Waals surface area contributed by atoms with Crippen molar-refractivity contribution in [1.82, 2.24) is 9.88 Å². The first-order chi connectivity index (χ1) is 10.2. The van der Waals surface area contributed by atoms with E-state index in [9.17, 15) is 9.90 Å². The molecule has 1 aliphatic rings. The van der Waals surface area contributed by atoms with Gasteiger partial charge < -0.3 is 15.0 Å². The van der Waals surface area contributed by atoms with Crippen molar-refractivity contribution < 1.29 is 9.90 Å². The molecule has 4 nitrogen and oxygen atoms in total. The first-order valence-corrected chi connectivity index (χ1v) is 7.65. The van der Waals surface area contributed by atoms with Gasteiger partial charge in [0.1, 0.15) is 0 Å². The van der Waals surface area contributed by atoms with E-state index in [4.69, 9.17) is 0 Å². The van der Waals surface area contributed by atoms with Crippen LogP contribution >= 0.6 is 0 Å². The van der Waals surface area contributed by atoms with E-state index in [2.05, 4.69) is 4.98 Å². The van der Waals surface area contributed by atoms with Crippen LogP contribution in [0, 0.1) is 0 Å². The van der Waals surface area contributed by atoms with Gasteiger partial charge in [-0.15, -0.1) is 0 Å². The van der Waals surface area contributed by atoms with Gasteiger partial charge in [0.05, 0.1) is 18.6 Å². The number of hydrogen-bond acceptors (Lipinski definition) is 2. The number of hydrogen-bond donors (Lipinski definition) is 2. The number of fused-ring (bicyclic) bond motifs is 1. The van der Waals surface area contributed by atoms with Crippen molar-refractivity contribution in [2.45, 2.75) is 44.2 Å². The van der Waals surface area contributed by atoms with E-state index in [0.717, 1.165) is 42.1 Å². The van der Waals surface area contributed by atoms with Crippen molar-refractivity contribution in [3.05, 3.63) is 36.0 Å². The lowest BCUT2D eigenvalue weighted by Crippen LogP contribution is -2.46. The molecule has 112 valence electrons. The van der Waals surface area contributed by atoms with Crippen molar-refractivity contribution in [3.63, 3.8) is 0 Å². The van der Waals surface area contributed by atoms with Crippen LogP contribution in [0.5, 0.6) is 0 Å². The number of amides is 1. The highest BCUT2D eigenvalue weighted by atomic mass is 16.3. The Hall–Kier alpha value is -1.81. The summed E-state index contributed by atoms with van der Waals surface area (Å²) in [6, 6.07) is 7.98. The molecule has 2 atom stereocenters. The number of aliphatic hydroxyl groups is 1. The smallest absolute Gasteiger partial charge is 0.227 e. The lowest BCUT2D eigenvalue weighted by Gasteiger charge is -2.35. The van der Waals surface area contributed by atoms with Gasteiger partial charge in [-0.2, -0.15) is 0 Å². The predicted molar refractivity (Wildman–Crippen MR) is 83.0 cm³/mol. The summed E-state index contributed by atoms with van der Waals surface area (Å²) in [6.07, 6.45) is 5.76. The molecule has 0 aliphatic heterocycles. The fraction of sp³-hybridized carbons (Fsp3) is 0.471. The highest BCUT2D eigenvalue weighted by Crippen LogP contribution is 2.24. The molecule has 1 heterocycles. The number of aromatic amines is 1. The lowest BCUT2D eigenvalue weighted by atomic mass is 9.91. The molecule has 2 unspecified atom stereocenters. The summed E-state index contributed by atoms with van der Waals surface area (Å²) in [5.74, 6) is 0.0747. The van der Waals surface area contributed by atoms with Crippen LogP contribution in [0.3, 0.4) is 0 Å². The summed E-state index contributed by atoms with van der Waals surface area (Å²) in [5, 5.41) is 11.2. The normalized spacial score (nSPS) is 22.4. The Bertz CT molecular complexity index is 635. The van der Waals surface area contributed by atoms with Crippen LogP contribution in [0.15, 0.2) is 30.5 Å². The SMILES string of the molecule is CN(C(=O)Cc1c[nH]c2ccccc12)C1CCCCC1O. The second-order valence-corrected chi connectivity index (χ2v) is 5.96. The molecule has 0 radical (unpaired) electrons. The third-order valence-electron chi connectivity index (χ3n) is 4.60.